The number of benzene rings is 2. The van der Waals surface area contributed by atoms with Gasteiger partial charge in [-0.05, 0) is 55.5 Å². The molecule has 3 aromatic rings. The second-order valence-corrected chi connectivity index (χ2v) is 8.57. The third kappa shape index (κ3) is 4.62. The van der Waals surface area contributed by atoms with Gasteiger partial charge in [-0.3, -0.25) is 9.52 Å². The van der Waals surface area contributed by atoms with Gasteiger partial charge in [0.1, 0.15) is 10.7 Å². The van der Waals surface area contributed by atoms with Crippen molar-refractivity contribution < 1.29 is 17.6 Å². The number of carbonyl (C=O) groups is 1. The fraction of sp³-hybridized carbons (Fsp3) is 0.0588. The number of hydrogen-bond donors (Lipinski definition) is 2. The molecule has 27 heavy (non-hydrogen) atoms. The van der Waals surface area contributed by atoms with E-state index in [9.17, 15) is 17.6 Å². The van der Waals surface area contributed by atoms with E-state index in [-0.39, 0.29) is 14.9 Å². The van der Waals surface area contributed by atoms with Crippen LogP contribution >= 0.6 is 22.9 Å². The summed E-state index contributed by atoms with van der Waals surface area (Å²) >= 11 is 6.71. The van der Waals surface area contributed by atoms with E-state index in [1.54, 1.807) is 31.2 Å². The molecule has 0 aliphatic rings. The van der Waals surface area contributed by atoms with Crippen LogP contribution in [0.3, 0.4) is 0 Å². The number of nitrogens with zero attached hydrogens (tertiary/aromatic N) is 1. The van der Waals surface area contributed by atoms with Gasteiger partial charge in [0.2, 0.25) is 0 Å². The van der Waals surface area contributed by atoms with E-state index in [2.05, 4.69) is 15.0 Å². The second-order valence-electron chi connectivity index (χ2n) is 5.45. The lowest BCUT2D eigenvalue weighted by Gasteiger charge is -2.05. The summed E-state index contributed by atoms with van der Waals surface area (Å²) in [5.74, 6) is -0.959. The molecule has 0 aliphatic heterocycles. The normalized spacial score (nSPS) is 11.2. The molecule has 0 bridgehead atoms. The minimum Gasteiger partial charge on any atom is -0.321 e. The molecule has 3 rings (SSSR count). The van der Waals surface area contributed by atoms with Gasteiger partial charge in [-0.2, -0.15) is 0 Å². The summed E-state index contributed by atoms with van der Waals surface area (Å²) < 4.78 is 40.0. The molecule has 0 spiro atoms. The maximum atomic E-state index is 13.0. The Bertz CT molecular complexity index is 1080. The van der Waals surface area contributed by atoms with Gasteiger partial charge in [-0.15, -0.1) is 0 Å². The van der Waals surface area contributed by atoms with Crippen molar-refractivity contribution in [2.75, 3.05) is 10.0 Å². The largest absolute Gasteiger partial charge is 0.321 e. The molecule has 2 aromatic carbocycles. The van der Waals surface area contributed by atoms with Gasteiger partial charge in [-0.25, -0.2) is 17.8 Å². The Kier molecular flexibility index (Phi) is 5.45. The number of nitrogens with one attached hydrogen (secondary N) is 2. The van der Waals surface area contributed by atoms with Crippen molar-refractivity contribution in [1.82, 2.24) is 4.98 Å². The van der Waals surface area contributed by atoms with Crippen molar-refractivity contribution in [3.8, 4) is 0 Å². The van der Waals surface area contributed by atoms with Crippen LogP contribution < -0.4 is 10.0 Å². The SMILES string of the molecule is Cc1nc(NS(=O)(=O)c2ccc(F)cc2)sc1C(=O)Nc1ccc(Cl)cc1. The molecule has 2 N–H and O–H groups in total. The predicted molar refractivity (Wildman–Crippen MR) is 103 cm³/mol. The minimum absolute atomic E-state index is 0.0399. The predicted octanol–water partition coefficient (Wildman–Crippen LogP) is 4.30. The molecule has 1 heterocycles. The third-order valence-corrected chi connectivity index (χ3v) is 6.26. The molecular formula is C17H13ClFN3O3S2. The average molecular weight is 426 g/mol. The fourth-order valence-corrected chi connectivity index (χ4v) is 4.38. The van der Waals surface area contributed by atoms with Crippen molar-refractivity contribution in [1.29, 1.82) is 0 Å². The van der Waals surface area contributed by atoms with Crippen LogP contribution in [0.1, 0.15) is 15.4 Å². The Morgan fingerprint density at radius 2 is 1.74 bits per heavy atom. The molecule has 0 aliphatic carbocycles. The molecule has 0 radical (unpaired) electrons. The Hall–Kier alpha value is -2.49. The highest BCUT2D eigenvalue weighted by Crippen LogP contribution is 2.26. The summed E-state index contributed by atoms with van der Waals surface area (Å²) in [5.41, 5.74) is 0.925. The van der Waals surface area contributed by atoms with Crippen molar-refractivity contribution in [3.63, 3.8) is 0 Å². The summed E-state index contributed by atoms with van der Waals surface area (Å²) in [6, 6.07) is 11.0. The Morgan fingerprint density at radius 3 is 2.37 bits per heavy atom. The highest BCUT2D eigenvalue weighted by Gasteiger charge is 2.20. The fourth-order valence-electron chi connectivity index (χ4n) is 2.16. The van der Waals surface area contributed by atoms with Gasteiger partial charge in [0.05, 0.1) is 10.6 Å². The lowest BCUT2D eigenvalue weighted by Crippen LogP contribution is -2.12. The summed E-state index contributed by atoms with van der Waals surface area (Å²) in [4.78, 5) is 16.7. The molecule has 140 valence electrons. The standard InChI is InChI=1S/C17H13ClFN3O3S2/c1-10-15(16(23)21-13-6-2-11(18)3-7-13)26-17(20-10)22-27(24,25)14-8-4-12(19)5-9-14/h2-9H,1H3,(H,20,22)(H,21,23). The van der Waals surface area contributed by atoms with Gasteiger partial charge in [0, 0.05) is 10.7 Å². The molecule has 0 unspecified atom stereocenters. The summed E-state index contributed by atoms with van der Waals surface area (Å²) in [7, 11) is -3.94. The van der Waals surface area contributed by atoms with Crippen LogP contribution in [0.4, 0.5) is 15.2 Å². The number of thiazole rings is 1. The monoisotopic (exact) mass is 425 g/mol. The number of anilines is 2. The number of aromatic nitrogens is 1. The van der Waals surface area contributed by atoms with Crippen molar-refractivity contribution in [2.24, 2.45) is 0 Å². The van der Waals surface area contributed by atoms with E-state index in [4.69, 9.17) is 11.6 Å². The average Bonchev–Trinajstić information content (AvgIpc) is 2.97. The zero-order chi connectivity index (χ0) is 19.6. The van der Waals surface area contributed by atoms with Crippen LogP contribution in [0.15, 0.2) is 53.4 Å². The first-order chi connectivity index (χ1) is 12.7. The first-order valence-corrected chi connectivity index (χ1v) is 10.2. The molecule has 6 nitrogen and oxygen atoms in total. The first-order valence-electron chi connectivity index (χ1n) is 7.57. The maximum Gasteiger partial charge on any atom is 0.267 e. The van der Waals surface area contributed by atoms with Crippen LogP contribution in [-0.2, 0) is 10.0 Å². The van der Waals surface area contributed by atoms with E-state index >= 15 is 0 Å². The smallest absolute Gasteiger partial charge is 0.267 e. The maximum absolute atomic E-state index is 13.0. The number of sulfonamides is 1. The number of halogens is 2. The third-order valence-electron chi connectivity index (χ3n) is 3.45. The number of rotatable bonds is 5. The zero-order valence-electron chi connectivity index (χ0n) is 13.9. The van der Waals surface area contributed by atoms with Crippen LogP contribution in [0.25, 0.3) is 0 Å². The van der Waals surface area contributed by atoms with Gasteiger partial charge in [0.15, 0.2) is 5.13 Å². The lowest BCUT2D eigenvalue weighted by molar-refractivity contribution is 0.103. The van der Waals surface area contributed by atoms with E-state index in [1.165, 1.54) is 0 Å². The summed E-state index contributed by atoms with van der Waals surface area (Å²) in [5, 5.41) is 3.28. The van der Waals surface area contributed by atoms with E-state index < -0.39 is 21.7 Å². The van der Waals surface area contributed by atoms with E-state index in [0.717, 1.165) is 35.6 Å². The summed E-state index contributed by atoms with van der Waals surface area (Å²) in [6.07, 6.45) is 0. The van der Waals surface area contributed by atoms with Gasteiger partial charge in [-0.1, -0.05) is 22.9 Å². The minimum atomic E-state index is -3.94. The quantitative estimate of drug-likeness (QED) is 0.638. The number of amides is 1. The number of carbonyl (C=O) groups excluding carboxylic acids is 1. The Balaban J connectivity index is 1.78. The molecule has 1 aromatic heterocycles. The lowest BCUT2D eigenvalue weighted by atomic mass is 10.3. The van der Waals surface area contributed by atoms with E-state index in [1.807, 2.05) is 0 Å². The van der Waals surface area contributed by atoms with Crippen molar-refractivity contribution in [2.45, 2.75) is 11.8 Å². The highest BCUT2D eigenvalue weighted by molar-refractivity contribution is 7.93. The van der Waals surface area contributed by atoms with Crippen LogP contribution in [0.2, 0.25) is 5.02 Å². The first kappa shape index (κ1) is 19.3. The molecule has 1 amide bonds. The second kappa shape index (κ2) is 7.63. The number of hydrogen-bond acceptors (Lipinski definition) is 5. The summed E-state index contributed by atoms with van der Waals surface area (Å²) in [6.45, 7) is 1.60. The topological polar surface area (TPSA) is 88.2 Å². The van der Waals surface area contributed by atoms with Crippen molar-refractivity contribution in [3.05, 3.63) is 69.9 Å². The van der Waals surface area contributed by atoms with Gasteiger partial charge in [0.25, 0.3) is 15.9 Å². The molecule has 10 heteroatoms. The zero-order valence-corrected chi connectivity index (χ0v) is 16.3. The molecule has 0 atom stereocenters. The molecular weight excluding hydrogens is 413 g/mol. The van der Waals surface area contributed by atoms with Crippen LogP contribution in [0.5, 0.6) is 0 Å². The Morgan fingerprint density at radius 1 is 1.11 bits per heavy atom. The van der Waals surface area contributed by atoms with Gasteiger partial charge >= 0.3 is 0 Å². The Labute approximate surface area is 164 Å². The van der Waals surface area contributed by atoms with Gasteiger partial charge < -0.3 is 5.32 Å². The molecule has 0 fully saturated rings. The molecule has 0 saturated carbocycles. The van der Waals surface area contributed by atoms with E-state index in [0.29, 0.717) is 16.4 Å². The molecule has 0 saturated heterocycles. The van der Waals surface area contributed by atoms with Crippen molar-refractivity contribution >= 4 is 49.7 Å². The highest BCUT2D eigenvalue weighted by atomic mass is 35.5. The number of aryl methyl sites for hydroxylation is 1. The van der Waals surface area contributed by atoms with Crippen LogP contribution in [-0.4, -0.2) is 19.3 Å². The van der Waals surface area contributed by atoms with Crippen LogP contribution in [0, 0.1) is 12.7 Å².